The normalized spacial score (nSPS) is 15.4. The molecular weight excluding hydrogens is 218 g/mol. The number of carboxylic acids is 1. The van der Waals surface area contributed by atoms with Gasteiger partial charge >= 0.3 is 5.97 Å². The van der Waals surface area contributed by atoms with E-state index >= 15 is 0 Å². The van der Waals surface area contributed by atoms with Crippen molar-refractivity contribution in [2.45, 2.75) is 19.4 Å². The van der Waals surface area contributed by atoms with E-state index in [1.165, 1.54) is 11.1 Å². The van der Waals surface area contributed by atoms with Crippen molar-refractivity contribution in [3.63, 3.8) is 0 Å². The number of fused-ring (bicyclic) bond motifs is 1. The first-order valence-corrected chi connectivity index (χ1v) is 5.80. The summed E-state index contributed by atoms with van der Waals surface area (Å²) in [4.78, 5) is 12.7. The molecule has 1 aromatic carbocycles. The highest BCUT2D eigenvalue weighted by atomic mass is 16.5. The molecule has 92 valence electrons. The van der Waals surface area contributed by atoms with E-state index in [4.69, 9.17) is 9.84 Å². The second-order valence-corrected chi connectivity index (χ2v) is 4.37. The summed E-state index contributed by atoms with van der Waals surface area (Å²) in [6.07, 6.45) is 1.01. The van der Waals surface area contributed by atoms with Gasteiger partial charge in [0.25, 0.3) is 0 Å². The molecule has 0 aromatic heterocycles. The first-order chi connectivity index (χ1) is 8.16. The third-order valence-electron chi connectivity index (χ3n) is 2.99. The highest BCUT2D eigenvalue weighted by molar-refractivity contribution is 5.66. The summed E-state index contributed by atoms with van der Waals surface area (Å²) in [7, 11) is 2.10. The van der Waals surface area contributed by atoms with Crippen LogP contribution in [0.25, 0.3) is 0 Å². The molecule has 0 saturated heterocycles. The molecule has 0 atom stereocenters. The Hall–Kier alpha value is -1.55. The number of hydrogen-bond acceptors (Lipinski definition) is 3. The number of ether oxygens (including phenoxy) is 1. The maximum Gasteiger partial charge on any atom is 0.306 e. The smallest absolute Gasteiger partial charge is 0.306 e. The van der Waals surface area contributed by atoms with E-state index in [0.29, 0.717) is 0 Å². The van der Waals surface area contributed by atoms with Gasteiger partial charge in [-0.05, 0) is 30.7 Å². The van der Waals surface area contributed by atoms with E-state index in [9.17, 15) is 4.79 Å². The number of benzene rings is 1. The fourth-order valence-corrected chi connectivity index (χ4v) is 2.10. The van der Waals surface area contributed by atoms with Crippen molar-refractivity contribution in [1.82, 2.24) is 4.90 Å². The van der Waals surface area contributed by atoms with Gasteiger partial charge in [0.05, 0.1) is 13.0 Å². The summed E-state index contributed by atoms with van der Waals surface area (Å²) in [6.45, 7) is 2.19. The lowest BCUT2D eigenvalue weighted by Crippen LogP contribution is -2.26. The van der Waals surface area contributed by atoms with Gasteiger partial charge in [-0.15, -0.1) is 0 Å². The van der Waals surface area contributed by atoms with Crippen LogP contribution < -0.4 is 4.74 Å². The third kappa shape index (κ3) is 2.97. The van der Waals surface area contributed by atoms with Gasteiger partial charge in [0.1, 0.15) is 5.75 Å². The molecule has 0 amide bonds. The van der Waals surface area contributed by atoms with Gasteiger partial charge in [0.15, 0.2) is 0 Å². The number of likely N-dealkylation sites (N-methyl/N-ethyl adjacent to an activating group) is 1. The van der Waals surface area contributed by atoms with E-state index in [2.05, 4.69) is 18.0 Å². The van der Waals surface area contributed by atoms with Crippen LogP contribution in [0.2, 0.25) is 0 Å². The van der Waals surface area contributed by atoms with Crippen molar-refractivity contribution in [1.29, 1.82) is 0 Å². The molecule has 0 bridgehead atoms. The maximum atomic E-state index is 10.4. The van der Waals surface area contributed by atoms with Crippen molar-refractivity contribution < 1.29 is 14.6 Å². The number of rotatable bonds is 4. The highest BCUT2D eigenvalue weighted by Gasteiger charge is 2.16. The zero-order valence-corrected chi connectivity index (χ0v) is 9.98. The van der Waals surface area contributed by atoms with Crippen LogP contribution in [0.15, 0.2) is 18.2 Å². The third-order valence-corrected chi connectivity index (χ3v) is 2.99. The lowest BCUT2D eigenvalue weighted by Gasteiger charge is -2.26. The standard InChI is InChI=1S/C13H17NO3/c1-14-7-5-11-10(9-14)3-2-4-12(11)17-8-6-13(15)16/h2-4H,5-9H2,1H3,(H,15,16). The number of carboxylic acid groups (broad SMARTS) is 1. The zero-order chi connectivity index (χ0) is 12.3. The van der Waals surface area contributed by atoms with E-state index in [1.54, 1.807) is 0 Å². The van der Waals surface area contributed by atoms with E-state index in [0.717, 1.165) is 25.3 Å². The Morgan fingerprint density at radius 1 is 1.53 bits per heavy atom. The molecule has 0 fully saturated rings. The van der Waals surface area contributed by atoms with Crippen molar-refractivity contribution in [3.8, 4) is 5.75 Å². The monoisotopic (exact) mass is 235 g/mol. The molecule has 1 aromatic rings. The molecule has 1 heterocycles. The fraction of sp³-hybridized carbons (Fsp3) is 0.462. The number of hydrogen-bond donors (Lipinski definition) is 1. The quantitative estimate of drug-likeness (QED) is 0.859. The van der Waals surface area contributed by atoms with Crippen molar-refractivity contribution in [2.24, 2.45) is 0 Å². The lowest BCUT2D eigenvalue weighted by atomic mass is 9.99. The van der Waals surface area contributed by atoms with Crippen LogP contribution in [0.3, 0.4) is 0 Å². The molecule has 0 unspecified atom stereocenters. The van der Waals surface area contributed by atoms with Crippen molar-refractivity contribution in [3.05, 3.63) is 29.3 Å². The summed E-state index contributed by atoms with van der Waals surface area (Å²) < 4.78 is 5.55. The summed E-state index contributed by atoms with van der Waals surface area (Å²) in [5.74, 6) is 0.0198. The molecule has 1 N–H and O–H groups in total. The molecule has 4 nitrogen and oxygen atoms in total. The second kappa shape index (κ2) is 5.19. The number of carbonyl (C=O) groups is 1. The predicted octanol–water partition coefficient (Wildman–Crippen LogP) is 1.53. The van der Waals surface area contributed by atoms with Crippen LogP contribution in [0.5, 0.6) is 5.75 Å². The van der Waals surface area contributed by atoms with Crippen LogP contribution in [-0.2, 0) is 17.8 Å². The summed E-state index contributed by atoms with van der Waals surface area (Å²) in [5.41, 5.74) is 2.52. The SMILES string of the molecule is CN1CCc2c(cccc2OCCC(=O)O)C1. The van der Waals surface area contributed by atoms with Gasteiger partial charge in [-0.3, -0.25) is 4.79 Å². The minimum absolute atomic E-state index is 0.0452. The molecule has 2 rings (SSSR count). The Kier molecular flexibility index (Phi) is 3.64. The Balaban J connectivity index is 2.07. The topological polar surface area (TPSA) is 49.8 Å². The minimum Gasteiger partial charge on any atom is -0.493 e. The van der Waals surface area contributed by atoms with Gasteiger partial charge in [-0.25, -0.2) is 0 Å². The summed E-state index contributed by atoms with van der Waals surface area (Å²) in [5, 5.41) is 8.58. The molecule has 4 heteroatoms. The summed E-state index contributed by atoms with van der Waals surface area (Å²) in [6, 6.07) is 6.00. The second-order valence-electron chi connectivity index (χ2n) is 4.37. The van der Waals surface area contributed by atoms with Crippen LogP contribution in [0.4, 0.5) is 0 Å². The predicted molar refractivity (Wildman–Crippen MR) is 64.2 cm³/mol. The fourth-order valence-electron chi connectivity index (χ4n) is 2.10. The maximum absolute atomic E-state index is 10.4. The first kappa shape index (κ1) is 11.9. The van der Waals surface area contributed by atoms with Crippen molar-refractivity contribution >= 4 is 5.97 Å². The van der Waals surface area contributed by atoms with Crippen LogP contribution >= 0.6 is 0 Å². The Labute approximate surface area is 101 Å². The lowest BCUT2D eigenvalue weighted by molar-refractivity contribution is -0.137. The molecule has 1 aliphatic heterocycles. The van der Waals surface area contributed by atoms with Gasteiger partial charge in [-0.2, -0.15) is 0 Å². The molecule has 0 spiro atoms. The Bertz CT molecular complexity index is 417. The Morgan fingerprint density at radius 3 is 3.12 bits per heavy atom. The molecule has 17 heavy (non-hydrogen) atoms. The highest BCUT2D eigenvalue weighted by Crippen LogP contribution is 2.27. The first-order valence-electron chi connectivity index (χ1n) is 5.80. The minimum atomic E-state index is -0.825. The average Bonchev–Trinajstić information content (AvgIpc) is 2.28. The summed E-state index contributed by atoms with van der Waals surface area (Å²) >= 11 is 0. The van der Waals surface area contributed by atoms with Crippen molar-refractivity contribution in [2.75, 3.05) is 20.2 Å². The van der Waals surface area contributed by atoms with E-state index < -0.39 is 5.97 Å². The van der Waals surface area contributed by atoms with Crippen LogP contribution in [0, 0.1) is 0 Å². The number of nitrogens with zero attached hydrogens (tertiary/aromatic N) is 1. The molecular formula is C13H17NO3. The van der Waals surface area contributed by atoms with Crippen LogP contribution in [0.1, 0.15) is 17.5 Å². The molecule has 0 radical (unpaired) electrons. The molecule has 0 saturated carbocycles. The Morgan fingerprint density at radius 2 is 2.35 bits per heavy atom. The molecule has 1 aliphatic rings. The van der Waals surface area contributed by atoms with E-state index in [-0.39, 0.29) is 13.0 Å². The number of aliphatic carboxylic acids is 1. The van der Waals surface area contributed by atoms with Gasteiger partial charge in [0, 0.05) is 13.1 Å². The largest absolute Gasteiger partial charge is 0.493 e. The zero-order valence-electron chi connectivity index (χ0n) is 9.98. The average molecular weight is 235 g/mol. The van der Waals surface area contributed by atoms with Gasteiger partial charge < -0.3 is 14.7 Å². The van der Waals surface area contributed by atoms with Gasteiger partial charge in [-0.1, -0.05) is 12.1 Å². The van der Waals surface area contributed by atoms with E-state index in [1.807, 2.05) is 12.1 Å². The van der Waals surface area contributed by atoms with Gasteiger partial charge in [0.2, 0.25) is 0 Å². The van der Waals surface area contributed by atoms with Crippen LogP contribution in [-0.4, -0.2) is 36.2 Å². The molecule has 0 aliphatic carbocycles.